The van der Waals surface area contributed by atoms with E-state index in [4.69, 9.17) is 4.74 Å². The second kappa shape index (κ2) is 9.40. The van der Waals surface area contributed by atoms with Gasteiger partial charge in [0.05, 0.1) is 6.61 Å². The van der Waals surface area contributed by atoms with Gasteiger partial charge in [-0.1, -0.05) is 24.3 Å². The Labute approximate surface area is 117 Å². The van der Waals surface area contributed by atoms with E-state index in [1.54, 1.807) is 0 Å². The number of hydrogen-bond donors (Lipinski definition) is 0. The zero-order valence-electron chi connectivity index (χ0n) is 12.0. The quantitative estimate of drug-likeness (QED) is 0.468. The molecule has 0 fully saturated rings. The van der Waals surface area contributed by atoms with Crippen LogP contribution in [0.25, 0.3) is 0 Å². The fourth-order valence-corrected chi connectivity index (χ4v) is 1.95. The Kier molecular flexibility index (Phi) is 7.68. The monoisotopic (exact) mass is 259 g/mol. The van der Waals surface area contributed by atoms with Crippen molar-refractivity contribution in [2.45, 2.75) is 19.8 Å². The topological polar surface area (TPSA) is 12.5 Å². The molecule has 0 saturated heterocycles. The molecule has 0 atom stereocenters. The molecule has 2 heteroatoms. The summed E-state index contributed by atoms with van der Waals surface area (Å²) in [6, 6.07) is 8.19. The third-order valence-corrected chi connectivity index (χ3v) is 2.90. The average Bonchev–Trinajstić information content (AvgIpc) is 2.39. The van der Waals surface area contributed by atoms with E-state index in [0.29, 0.717) is 0 Å². The lowest BCUT2D eigenvalue weighted by Gasteiger charge is -2.18. The molecule has 19 heavy (non-hydrogen) atoms. The van der Waals surface area contributed by atoms with Crippen LogP contribution in [0.2, 0.25) is 0 Å². The molecule has 2 nitrogen and oxygen atoms in total. The average molecular weight is 259 g/mol. The Morgan fingerprint density at radius 3 is 2.53 bits per heavy atom. The fraction of sp³-hybridized carbons (Fsp3) is 0.412. The van der Waals surface area contributed by atoms with Crippen LogP contribution in [0.5, 0.6) is 5.75 Å². The molecule has 0 aliphatic rings. The molecule has 1 aromatic rings. The van der Waals surface area contributed by atoms with Crippen molar-refractivity contribution in [1.82, 2.24) is 4.90 Å². The van der Waals surface area contributed by atoms with Gasteiger partial charge in [0.15, 0.2) is 0 Å². The molecule has 0 amide bonds. The van der Waals surface area contributed by atoms with Gasteiger partial charge >= 0.3 is 0 Å². The molecule has 0 heterocycles. The SMILES string of the molecule is C=CCN(CC=C)CCCCOc1cccc(C)c1. The van der Waals surface area contributed by atoms with Gasteiger partial charge < -0.3 is 4.74 Å². The number of ether oxygens (including phenoxy) is 1. The van der Waals surface area contributed by atoms with Gasteiger partial charge in [0.25, 0.3) is 0 Å². The van der Waals surface area contributed by atoms with E-state index in [1.807, 2.05) is 24.3 Å². The third-order valence-electron chi connectivity index (χ3n) is 2.90. The van der Waals surface area contributed by atoms with Crippen LogP contribution in [0.3, 0.4) is 0 Å². The lowest BCUT2D eigenvalue weighted by atomic mass is 10.2. The highest BCUT2D eigenvalue weighted by Crippen LogP contribution is 2.12. The minimum Gasteiger partial charge on any atom is -0.494 e. The van der Waals surface area contributed by atoms with Crippen LogP contribution in [0.1, 0.15) is 18.4 Å². The molecule has 0 aliphatic heterocycles. The lowest BCUT2D eigenvalue weighted by Crippen LogP contribution is -2.25. The zero-order valence-corrected chi connectivity index (χ0v) is 12.0. The van der Waals surface area contributed by atoms with E-state index in [1.165, 1.54) is 5.56 Å². The number of unbranched alkanes of at least 4 members (excludes halogenated alkanes) is 1. The zero-order chi connectivity index (χ0) is 13.9. The fourth-order valence-electron chi connectivity index (χ4n) is 1.95. The molecule has 0 unspecified atom stereocenters. The molecule has 0 radical (unpaired) electrons. The number of benzene rings is 1. The summed E-state index contributed by atoms with van der Waals surface area (Å²) in [5.41, 5.74) is 1.24. The van der Waals surface area contributed by atoms with Gasteiger partial charge in [-0.25, -0.2) is 0 Å². The van der Waals surface area contributed by atoms with E-state index < -0.39 is 0 Å². The van der Waals surface area contributed by atoms with Crippen molar-refractivity contribution in [1.29, 1.82) is 0 Å². The van der Waals surface area contributed by atoms with Crippen molar-refractivity contribution in [3.05, 3.63) is 55.1 Å². The molecule has 0 aliphatic carbocycles. The third kappa shape index (κ3) is 6.82. The van der Waals surface area contributed by atoms with Crippen molar-refractivity contribution >= 4 is 0 Å². The number of nitrogens with zero attached hydrogens (tertiary/aromatic N) is 1. The molecular weight excluding hydrogens is 234 g/mol. The van der Waals surface area contributed by atoms with Gasteiger partial charge in [-0.05, 0) is 44.0 Å². The van der Waals surface area contributed by atoms with Gasteiger partial charge in [-0.3, -0.25) is 4.90 Å². The summed E-state index contributed by atoms with van der Waals surface area (Å²) in [5, 5.41) is 0. The van der Waals surface area contributed by atoms with Crippen LogP contribution in [0, 0.1) is 6.92 Å². The number of hydrogen-bond acceptors (Lipinski definition) is 2. The highest BCUT2D eigenvalue weighted by atomic mass is 16.5. The second-order valence-electron chi connectivity index (χ2n) is 4.71. The highest BCUT2D eigenvalue weighted by molar-refractivity contribution is 5.27. The van der Waals surface area contributed by atoms with Crippen molar-refractivity contribution in [3.63, 3.8) is 0 Å². The summed E-state index contributed by atoms with van der Waals surface area (Å²) >= 11 is 0. The van der Waals surface area contributed by atoms with E-state index in [-0.39, 0.29) is 0 Å². The Balaban J connectivity index is 2.16. The van der Waals surface area contributed by atoms with Gasteiger partial charge in [-0.2, -0.15) is 0 Å². The van der Waals surface area contributed by atoms with E-state index in [0.717, 1.165) is 44.8 Å². The Morgan fingerprint density at radius 2 is 1.89 bits per heavy atom. The Morgan fingerprint density at radius 1 is 1.16 bits per heavy atom. The first-order chi connectivity index (χ1) is 9.26. The van der Waals surface area contributed by atoms with Crippen LogP contribution in [0.15, 0.2) is 49.6 Å². The summed E-state index contributed by atoms with van der Waals surface area (Å²) in [5.74, 6) is 0.967. The van der Waals surface area contributed by atoms with Crippen LogP contribution in [0.4, 0.5) is 0 Å². The molecular formula is C17H25NO. The van der Waals surface area contributed by atoms with Gasteiger partial charge in [-0.15, -0.1) is 13.2 Å². The van der Waals surface area contributed by atoms with Gasteiger partial charge in [0.1, 0.15) is 5.75 Å². The Bertz CT molecular complexity index is 377. The van der Waals surface area contributed by atoms with Gasteiger partial charge in [0, 0.05) is 13.1 Å². The highest BCUT2D eigenvalue weighted by Gasteiger charge is 2.00. The number of rotatable bonds is 10. The summed E-state index contributed by atoms with van der Waals surface area (Å²) < 4.78 is 5.73. The number of aryl methyl sites for hydroxylation is 1. The molecule has 1 rings (SSSR count). The first-order valence-electron chi connectivity index (χ1n) is 6.90. The van der Waals surface area contributed by atoms with Crippen molar-refractivity contribution < 1.29 is 4.74 Å². The maximum atomic E-state index is 5.73. The normalized spacial score (nSPS) is 10.4. The maximum Gasteiger partial charge on any atom is 0.119 e. The smallest absolute Gasteiger partial charge is 0.119 e. The summed E-state index contributed by atoms with van der Waals surface area (Å²) in [7, 11) is 0. The predicted molar refractivity (Wildman–Crippen MR) is 82.7 cm³/mol. The van der Waals surface area contributed by atoms with Crippen LogP contribution in [-0.4, -0.2) is 31.1 Å². The standard InChI is InChI=1S/C17H25NO/c1-4-11-18(12-5-2)13-6-7-14-19-17-10-8-9-16(3)15-17/h4-5,8-10,15H,1-2,6-7,11-14H2,3H3. The van der Waals surface area contributed by atoms with E-state index in [2.05, 4.69) is 37.1 Å². The summed E-state index contributed by atoms with van der Waals surface area (Å²) in [4.78, 5) is 2.33. The van der Waals surface area contributed by atoms with Crippen LogP contribution < -0.4 is 4.74 Å². The summed E-state index contributed by atoms with van der Waals surface area (Å²) in [6.07, 6.45) is 6.08. The molecule has 0 saturated carbocycles. The lowest BCUT2D eigenvalue weighted by molar-refractivity contribution is 0.278. The molecule has 0 bridgehead atoms. The molecule has 0 spiro atoms. The van der Waals surface area contributed by atoms with E-state index >= 15 is 0 Å². The minimum absolute atomic E-state index is 0.777. The second-order valence-corrected chi connectivity index (χ2v) is 4.71. The molecule has 1 aromatic carbocycles. The van der Waals surface area contributed by atoms with Crippen LogP contribution in [-0.2, 0) is 0 Å². The predicted octanol–water partition coefficient (Wildman–Crippen LogP) is 3.83. The largest absolute Gasteiger partial charge is 0.494 e. The minimum atomic E-state index is 0.777. The first-order valence-corrected chi connectivity index (χ1v) is 6.90. The maximum absolute atomic E-state index is 5.73. The molecule has 0 N–H and O–H groups in total. The Hall–Kier alpha value is -1.54. The van der Waals surface area contributed by atoms with Crippen molar-refractivity contribution in [2.24, 2.45) is 0 Å². The molecule has 104 valence electrons. The van der Waals surface area contributed by atoms with E-state index in [9.17, 15) is 0 Å². The first kappa shape index (κ1) is 15.5. The van der Waals surface area contributed by atoms with Crippen LogP contribution >= 0.6 is 0 Å². The van der Waals surface area contributed by atoms with Crippen molar-refractivity contribution in [2.75, 3.05) is 26.2 Å². The summed E-state index contributed by atoms with van der Waals surface area (Å²) in [6.45, 7) is 13.3. The molecule has 0 aromatic heterocycles. The van der Waals surface area contributed by atoms with Crippen molar-refractivity contribution in [3.8, 4) is 5.75 Å². The van der Waals surface area contributed by atoms with Gasteiger partial charge in [0.2, 0.25) is 0 Å².